The number of hydrogen-bond donors (Lipinski definition) is 3. The maximum Gasteiger partial charge on any atom is 0.157 e. The minimum absolute atomic E-state index is 0.149. The Balaban J connectivity index is 2.01. The second kappa shape index (κ2) is 6.41. The zero-order valence-electron chi connectivity index (χ0n) is 10.4. The first-order chi connectivity index (χ1) is 9.54. The molecule has 3 nitrogen and oxygen atoms in total. The Morgan fingerprint density at radius 2 is 1.75 bits per heavy atom. The van der Waals surface area contributed by atoms with Crippen molar-refractivity contribution in [1.82, 2.24) is 0 Å². The fraction of sp³-hybridized carbons (Fsp3) is 0. The van der Waals surface area contributed by atoms with Crippen LogP contribution in [0.15, 0.2) is 48.5 Å². The standard InChI is InChI=1S/C15H12ClNO2S/c16-11-3-5-12(6-4-11)17-15(20)8-2-10-1-7-13(18)14(19)9-10/h1-9,18-19H,(H,17,20)/b8-2+. The van der Waals surface area contributed by atoms with Crippen LogP contribution in [-0.4, -0.2) is 15.2 Å². The molecular formula is C15H12ClNO2S. The predicted octanol–water partition coefficient (Wildman–Crippen LogP) is 4.20. The summed E-state index contributed by atoms with van der Waals surface area (Å²) in [5.41, 5.74) is 1.58. The van der Waals surface area contributed by atoms with Crippen molar-refractivity contribution < 1.29 is 10.2 Å². The van der Waals surface area contributed by atoms with E-state index in [9.17, 15) is 10.2 Å². The number of benzene rings is 2. The molecule has 2 aromatic rings. The van der Waals surface area contributed by atoms with E-state index in [1.54, 1.807) is 30.4 Å². The number of anilines is 1. The van der Waals surface area contributed by atoms with Crippen molar-refractivity contribution in [1.29, 1.82) is 0 Å². The number of nitrogens with one attached hydrogen (secondary N) is 1. The lowest BCUT2D eigenvalue weighted by molar-refractivity contribution is 0.403. The Labute approximate surface area is 127 Å². The molecule has 0 aliphatic carbocycles. The Bertz CT molecular complexity index is 653. The molecule has 20 heavy (non-hydrogen) atoms. The monoisotopic (exact) mass is 305 g/mol. The molecule has 0 saturated carbocycles. The normalized spacial score (nSPS) is 10.7. The fourth-order valence-electron chi connectivity index (χ4n) is 1.53. The van der Waals surface area contributed by atoms with Gasteiger partial charge in [-0.1, -0.05) is 36.0 Å². The highest BCUT2D eigenvalue weighted by Gasteiger charge is 1.98. The molecule has 0 aliphatic rings. The Morgan fingerprint density at radius 3 is 2.40 bits per heavy atom. The molecule has 0 heterocycles. The summed E-state index contributed by atoms with van der Waals surface area (Å²) in [4.78, 5) is 0.528. The molecule has 0 aromatic heterocycles. The van der Waals surface area contributed by atoms with Gasteiger partial charge in [-0.15, -0.1) is 0 Å². The lowest BCUT2D eigenvalue weighted by Crippen LogP contribution is -2.04. The van der Waals surface area contributed by atoms with Crippen molar-refractivity contribution >= 4 is 40.6 Å². The molecule has 0 radical (unpaired) electrons. The molecule has 0 amide bonds. The van der Waals surface area contributed by atoms with Gasteiger partial charge in [-0.2, -0.15) is 0 Å². The molecule has 5 heteroatoms. The summed E-state index contributed by atoms with van der Waals surface area (Å²) in [7, 11) is 0. The van der Waals surface area contributed by atoms with Crippen molar-refractivity contribution in [3.8, 4) is 11.5 Å². The molecular weight excluding hydrogens is 294 g/mol. The third kappa shape index (κ3) is 3.98. The van der Waals surface area contributed by atoms with E-state index in [1.807, 2.05) is 12.1 Å². The smallest absolute Gasteiger partial charge is 0.157 e. The van der Waals surface area contributed by atoms with Gasteiger partial charge in [0, 0.05) is 10.7 Å². The lowest BCUT2D eigenvalue weighted by atomic mass is 10.2. The van der Waals surface area contributed by atoms with E-state index < -0.39 is 0 Å². The average Bonchev–Trinajstić information content (AvgIpc) is 2.43. The first kappa shape index (κ1) is 14.4. The molecule has 0 fully saturated rings. The van der Waals surface area contributed by atoms with Gasteiger partial charge < -0.3 is 15.5 Å². The van der Waals surface area contributed by atoms with Crippen molar-refractivity contribution in [3.63, 3.8) is 0 Å². The molecule has 0 aliphatic heterocycles. The number of aromatic hydroxyl groups is 2. The van der Waals surface area contributed by atoms with Gasteiger partial charge in [-0.3, -0.25) is 0 Å². The van der Waals surface area contributed by atoms with Crippen LogP contribution in [0.25, 0.3) is 6.08 Å². The topological polar surface area (TPSA) is 52.5 Å². The van der Waals surface area contributed by atoms with Gasteiger partial charge in [0.1, 0.15) is 4.99 Å². The number of halogens is 1. The highest BCUT2D eigenvalue weighted by Crippen LogP contribution is 2.25. The highest BCUT2D eigenvalue weighted by molar-refractivity contribution is 7.81. The molecule has 2 aromatic carbocycles. The highest BCUT2D eigenvalue weighted by atomic mass is 35.5. The second-order valence-corrected chi connectivity index (χ2v) is 4.95. The van der Waals surface area contributed by atoms with Crippen LogP contribution in [0.3, 0.4) is 0 Å². The number of phenolic OH excluding ortho intramolecular Hbond substituents is 2. The van der Waals surface area contributed by atoms with Crippen LogP contribution in [0, 0.1) is 0 Å². The molecule has 0 atom stereocenters. The minimum Gasteiger partial charge on any atom is -0.504 e. The predicted molar refractivity (Wildman–Crippen MR) is 86.5 cm³/mol. The van der Waals surface area contributed by atoms with Gasteiger partial charge in [0.2, 0.25) is 0 Å². The molecule has 0 bridgehead atoms. The largest absolute Gasteiger partial charge is 0.504 e. The summed E-state index contributed by atoms with van der Waals surface area (Å²) in [5, 5.41) is 22.3. The van der Waals surface area contributed by atoms with Gasteiger partial charge >= 0.3 is 0 Å². The van der Waals surface area contributed by atoms with Gasteiger partial charge in [-0.05, 0) is 48.0 Å². The van der Waals surface area contributed by atoms with Crippen LogP contribution in [0.2, 0.25) is 5.02 Å². The van der Waals surface area contributed by atoms with Crippen molar-refractivity contribution in [3.05, 3.63) is 59.1 Å². The molecule has 0 unspecified atom stereocenters. The summed E-state index contributed by atoms with van der Waals surface area (Å²) in [5.74, 6) is -0.312. The van der Waals surface area contributed by atoms with Crippen LogP contribution in [0.5, 0.6) is 11.5 Å². The van der Waals surface area contributed by atoms with E-state index in [4.69, 9.17) is 23.8 Å². The molecule has 2 rings (SSSR count). The van der Waals surface area contributed by atoms with E-state index in [-0.39, 0.29) is 11.5 Å². The molecule has 0 saturated heterocycles. The van der Waals surface area contributed by atoms with Crippen LogP contribution in [-0.2, 0) is 0 Å². The van der Waals surface area contributed by atoms with Crippen LogP contribution >= 0.6 is 23.8 Å². The van der Waals surface area contributed by atoms with Crippen molar-refractivity contribution in [2.24, 2.45) is 0 Å². The van der Waals surface area contributed by atoms with Gasteiger partial charge in [0.15, 0.2) is 11.5 Å². The van der Waals surface area contributed by atoms with Gasteiger partial charge in [0.25, 0.3) is 0 Å². The summed E-state index contributed by atoms with van der Waals surface area (Å²) in [6, 6.07) is 11.8. The summed E-state index contributed by atoms with van der Waals surface area (Å²) < 4.78 is 0. The summed E-state index contributed by atoms with van der Waals surface area (Å²) in [6.45, 7) is 0. The number of rotatable bonds is 3. The van der Waals surface area contributed by atoms with Crippen LogP contribution < -0.4 is 5.32 Å². The Morgan fingerprint density at radius 1 is 1.05 bits per heavy atom. The Hall–Kier alpha value is -2.04. The van der Waals surface area contributed by atoms with E-state index in [1.165, 1.54) is 12.1 Å². The van der Waals surface area contributed by atoms with Crippen LogP contribution in [0.1, 0.15) is 5.56 Å². The number of phenols is 2. The maximum absolute atomic E-state index is 9.38. The van der Waals surface area contributed by atoms with E-state index in [0.29, 0.717) is 10.0 Å². The maximum atomic E-state index is 9.38. The zero-order chi connectivity index (χ0) is 14.5. The lowest BCUT2D eigenvalue weighted by Gasteiger charge is -2.04. The fourth-order valence-corrected chi connectivity index (χ4v) is 1.85. The van der Waals surface area contributed by atoms with E-state index >= 15 is 0 Å². The SMILES string of the molecule is Oc1ccc(/C=C/C(=S)Nc2ccc(Cl)cc2)cc1O. The number of thiocarbonyl (C=S) groups is 1. The Kier molecular flexibility index (Phi) is 4.61. The van der Waals surface area contributed by atoms with Gasteiger partial charge in [0.05, 0.1) is 0 Å². The summed E-state index contributed by atoms with van der Waals surface area (Å²) >= 11 is 11.0. The second-order valence-electron chi connectivity index (χ2n) is 4.08. The molecule has 102 valence electrons. The summed E-state index contributed by atoms with van der Waals surface area (Å²) in [6.07, 6.45) is 3.44. The zero-order valence-corrected chi connectivity index (χ0v) is 11.9. The first-order valence-electron chi connectivity index (χ1n) is 5.81. The molecule has 3 N–H and O–H groups in total. The quantitative estimate of drug-likeness (QED) is 0.452. The number of hydrogen-bond acceptors (Lipinski definition) is 3. The third-order valence-corrected chi connectivity index (χ3v) is 3.03. The first-order valence-corrected chi connectivity index (χ1v) is 6.60. The van der Waals surface area contributed by atoms with Gasteiger partial charge in [-0.25, -0.2) is 0 Å². The van der Waals surface area contributed by atoms with Crippen molar-refractivity contribution in [2.45, 2.75) is 0 Å². The van der Waals surface area contributed by atoms with Crippen molar-refractivity contribution in [2.75, 3.05) is 5.32 Å². The van der Waals surface area contributed by atoms with Crippen LogP contribution in [0.4, 0.5) is 5.69 Å². The van der Waals surface area contributed by atoms with E-state index in [0.717, 1.165) is 11.3 Å². The van der Waals surface area contributed by atoms with E-state index in [2.05, 4.69) is 5.32 Å². The third-order valence-electron chi connectivity index (χ3n) is 2.54. The average molecular weight is 306 g/mol. The molecule has 0 spiro atoms. The minimum atomic E-state index is -0.163.